The number of hydrogen-bond acceptors (Lipinski definition) is 2. The second-order valence-electron chi connectivity index (χ2n) is 7.12. The average Bonchev–Trinajstić information content (AvgIpc) is 3.19. The third-order valence-electron chi connectivity index (χ3n) is 4.08. The van der Waals surface area contributed by atoms with Gasteiger partial charge >= 0.3 is 0 Å². The van der Waals surface area contributed by atoms with E-state index in [0.717, 1.165) is 6.54 Å². The highest BCUT2D eigenvalue weighted by Gasteiger charge is 2.33. The molecule has 2 rings (SSSR count). The van der Waals surface area contributed by atoms with Crippen molar-refractivity contribution < 1.29 is 4.39 Å². The van der Waals surface area contributed by atoms with Crippen LogP contribution in [0.15, 0.2) is 24.3 Å². The van der Waals surface area contributed by atoms with Gasteiger partial charge in [-0.2, -0.15) is 0 Å². The maximum atomic E-state index is 13.1. The minimum Gasteiger partial charge on any atom is -0.308 e. The quantitative estimate of drug-likeness (QED) is 0.783. The summed E-state index contributed by atoms with van der Waals surface area (Å²) in [6.45, 7) is 5.59. The summed E-state index contributed by atoms with van der Waals surface area (Å²) in [7, 11) is 4.25. The van der Waals surface area contributed by atoms with Gasteiger partial charge in [0.05, 0.1) is 0 Å². The summed E-state index contributed by atoms with van der Waals surface area (Å²) in [4.78, 5) is 2.24. The second-order valence-corrected chi connectivity index (χ2v) is 7.12. The Morgan fingerprint density at radius 2 is 1.81 bits per heavy atom. The number of benzene rings is 1. The molecule has 0 aliphatic heterocycles. The molecule has 1 aromatic carbocycles. The van der Waals surface area contributed by atoms with Crippen LogP contribution in [0.1, 0.15) is 44.7 Å². The lowest BCUT2D eigenvalue weighted by Gasteiger charge is -2.29. The summed E-state index contributed by atoms with van der Waals surface area (Å²) < 4.78 is 13.1. The molecule has 1 fully saturated rings. The molecular formula is C18H29FN2. The zero-order valence-corrected chi connectivity index (χ0v) is 13.8. The van der Waals surface area contributed by atoms with Gasteiger partial charge in [0.2, 0.25) is 0 Å². The standard InChI is InChI=1S/C18H29FN2/c1-13(2)11-17(12-21(3)4)20-18(14-5-6-14)15-7-9-16(19)10-8-15/h7-10,13-14,17-18,20H,5-6,11-12H2,1-4H3. The molecule has 0 amide bonds. The predicted octanol–water partition coefficient (Wildman–Crippen LogP) is 3.84. The fourth-order valence-corrected chi connectivity index (χ4v) is 3.06. The predicted molar refractivity (Wildman–Crippen MR) is 86.8 cm³/mol. The van der Waals surface area contributed by atoms with Gasteiger partial charge in [-0.1, -0.05) is 26.0 Å². The lowest BCUT2D eigenvalue weighted by molar-refractivity contribution is 0.277. The largest absolute Gasteiger partial charge is 0.308 e. The van der Waals surface area contributed by atoms with E-state index in [4.69, 9.17) is 0 Å². The molecule has 2 atom stereocenters. The van der Waals surface area contributed by atoms with Crippen molar-refractivity contribution in [1.82, 2.24) is 10.2 Å². The molecule has 21 heavy (non-hydrogen) atoms. The van der Waals surface area contributed by atoms with Gasteiger partial charge in [-0.25, -0.2) is 4.39 Å². The SMILES string of the molecule is CC(C)CC(CN(C)C)NC(c1ccc(F)cc1)C1CC1. The molecule has 1 aliphatic rings. The molecule has 0 saturated heterocycles. The van der Waals surface area contributed by atoms with Crippen molar-refractivity contribution in [3.8, 4) is 0 Å². The Bertz CT molecular complexity index is 413. The third kappa shape index (κ3) is 5.40. The monoisotopic (exact) mass is 292 g/mol. The van der Waals surface area contributed by atoms with Crippen LogP contribution in [0.5, 0.6) is 0 Å². The molecule has 0 aromatic heterocycles. The summed E-state index contributed by atoms with van der Waals surface area (Å²) >= 11 is 0. The number of nitrogens with zero attached hydrogens (tertiary/aromatic N) is 1. The van der Waals surface area contributed by atoms with Crippen molar-refractivity contribution in [1.29, 1.82) is 0 Å². The van der Waals surface area contributed by atoms with E-state index in [1.165, 1.54) is 24.8 Å². The Hall–Kier alpha value is -0.930. The molecule has 0 heterocycles. The van der Waals surface area contributed by atoms with Crippen LogP contribution >= 0.6 is 0 Å². The first-order chi connectivity index (χ1) is 9.95. The van der Waals surface area contributed by atoms with Crippen LogP contribution in [0.25, 0.3) is 0 Å². The van der Waals surface area contributed by atoms with E-state index in [9.17, 15) is 4.39 Å². The zero-order chi connectivity index (χ0) is 15.4. The van der Waals surface area contributed by atoms with E-state index >= 15 is 0 Å². The number of rotatable bonds is 8. The Labute approximate surface area is 128 Å². The zero-order valence-electron chi connectivity index (χ0n) is 13.8. The van der Waals surface area contributed by atoms with Gasteiger partial charge in [-0.15, -0.1) is 0 Å². The van der Waals surface area contributed by atoms with E-state index in [1.54, 1.807) is 12.1 Å². The molecule has 118 valence electrons. The summed E-state index contributed by atoms with van der Waals surface area (Å²) in [5.74, 6) is 1.24. The smallest absolute Gasteiger partial charge is 0.123 e. The molecule has 0 spiro atoms. The minimum atomic E-state index is -0.152. The van der Waals surface area contributed by atoms with Crippen LogP contribution in [0, 0.1) is 17.7 Å². The van der Waals surface area contributed by atoms with Crippen LogP contribution in [0.2, 0.25) is 0 Å². The summed E-state index contributed by atoms with van der Waals surface area (Å²) in [5, 5.41) is 3.85. The van der Waals surface area contributed by atoms with E-state index in [2.05, 4.69) is 38.2 Å². The fourth-order valence-electron chi connectivity index (χ4n) is 3.06. The maximum absolute atomic E-state index is 13.1. The van der Waals surface area contributed by atoms with Gasteiger partial charge in [-0.3, -0.25) is 0 Å². The van der Waals surface area contributed by atoms with Crippen molar-refractivity contribution in [3.05, 3.63) is 35.6 Å². The van der Waals surface area contributed by atoms with Crippen molar-refractivity contribution in [2.45, 2.75) is 45.2 Å². The van der Waals surface area contributed by atoms with Gasteiger partial charge in [0.25, 0.3) is 0 Å². The van der Waals surface area contributed by atoms with Gasteiger partial charge in [0, 0.05) is 18.6 Å². The number of halogens is 1. The van der Waals surface area contributed by atoms with Crippen LogP contribution in [0.3, 0.4) is 0 Å². The van der Waals surface area contributed by atoms with Gasteiger partial charge in [-0.05, 0) is 62.9 Å². The molecule has 1 saturated carbocycles. The molecule has 2 unspecified atom stereocenters. The molecule has 1 aromatic rings. The van der Waals surface area contributed by atoms with Crippen molar-refractivity contribution in [2.24, 2.45) is 11.8 Å². The molecular weight excluding hydrogens is 263 g/mol. The van der Waals surface area contributed by atoms with E-state index in [-0.39, 0.29) is 5.82 Å². The van der Waals surface area contributed by atoms with Crippen molar-refractivity contribution in [3.63, 3.8) is 0 Å². The second kappa shape index (κ2) is 7.37. The van der Waals surface area contributed by atoms with E-state index in [1.807, 2.05) is 12.1 Å². The fraction of sp³-hybridized carbons (Fsp3) is 0.667. The molecule has 0 radical (unpaired) electrons. The van der Waals surface area contributed by atoms with E-state index in [0.29, 0.717) is 23.9 Å². The van der Waals surface area contributed by atoms with Crippen molar-refractivity contribution in [2.75, 3.05) is 20.6 Å². The first-order valence-corrected chi connectivity index (χ1v) is 8.12. The molecule has 1 aliphatic carbocycles. The molecule has 3 heteroatoms. The van der Waals surface area contributed by atoms with Gasteiger partial charge < -0.3 is 10.2 Å². The molecule has 1 N–H and O–H groups in total. The Morgan fingerprint density at radius 3 is 2.29 bits per heavy atom. The topological polar surface area (TPSA) is 15.3 Å². The third-order valence-corrected chi connectivity index (χ3v) is 4.08. The van der Waals surface area contributed by atoms with E-state index < -0.39 is 0 Å². The molecule has 2 nitrogen and oxygen atoms in total. The lowest BCUT2D eigenvalue weighted by Crippen LogP contribution is -2.41. The summed E-state index contributed by atoms with van der Waals surface area (Å²) in [5.41, 5.74) is 1.23. The average molecular weight is 292 g/mol. The maximum Gasteiger partial charge on any atom is 0.123 e. The Morgan fingerprint density at radius 1 is 1.19 bits per heavy atom. The lowest BCUT2D eigenvalue weighted by atomic mass is 9.97. The number of hydrogen-bond donors (Lipinski definition) is 1. The Kier molecular flexibility index (Phi) is 5.77. The van der Waals surface area contributed by atoms with Crippen LogP contribution in [-0.2, 0) is 0 Å². The highest BCUT2D eigenvalue weighted by molar-refractivity contribution is 5.22. The molecule has 0 bridgehead atoms. The first kappa shape index (κ1) is 16.4. The first-order valence-electron chi connectivity index (χ1n) is 8.12. The number of nitrogens with one attached hydrogen (secondary N) is 1. The van der Waals surface area contributed by atoms with Crippen molar-refractivity contribution >= 4 is 0 Å². The van der Waals surface area contributed by atoms with Crippen LogP contribution in [0.4, 0.5) is 4.39 Å². The van der Waals surface area contributed by atoms with Gasteiger partial charge in [0.15, 0.2) is 0 Å². The highest BCUT2D eigenvalue weighted by Crippen LogP contribution is 2.41. The minimum absolute atomic E-state index is 0.152. The van der Waals surface area contributed by atoms with Gasteiger partial charge in [0.1, 0.15) is 5.82 Å². The Balaban J connectivity index is 2.07. The summed E-state index contributed by atoms with van der Waals surface area (Å²) in [6.07, 6.45) is 3.74. The highest BCUT2D eigenvalue weighted by atomic mass is 19.1. The number of likely N-dealkylation sites (N-methyl/N-ethyl adjacent to an activating group) is 1. The normalized spacial score (nSPS) is 18.2. The van der Waals surface area contributed by atoms with Crippen LogP contribution in [-0.4, -0.2) is 31.6 Å². The van der Waals surface area contributed by atoms with Crippen LogP contribution < -0.4 is 5.32 Å². The summed E-state index contributed by atoms with van der Waals surface area (Å²) in [6, 6.07) is 7.89.